The number of H-pyrrole nitrogens is 1. The molecule has 0 bridgehead atoms. The van der Waals surface area contributed by atoms with Crippen LogP contribution >= 0.6 is 0 Å². The number of hydrogen-bond donors (Lipinski definition) is 2. The molecule has 33 heavy (non-hydrogen) atoms. The van der Waals surface area contributed by atoms with Gasteiger partial charge in [0.1, 0.15) is 5.69 Å². The summed E-state index contributed by atoms with van der Waals surface area (Å²) in [6.45, 7) is 0. The van der Waals surface area contributed by atoms with E-state index < -0.39 is 10.8 Å². The standard InChI is InChI=1S/C25H19N5O3/c31-25(29-26-14-4-7-16-5-1-2-9-23(16)30(32)33)22-15-21(27-28-22)19-13-12-18-11-10-17-6-3-8-20(19)24(17)18/h1-9,12-15H,10-11H2,(H,27,28)(H,29,31). The summed E-state index contributed by atoms with van der Waals surface area (Å²) in [5.74, 6) is -0.435. The van der Waals surface area contributed by atoms with Crippen LogP contribution in [0.2, 0.25) is 0 Å². The molecular formula is C25H19N5O3. The molecule has 162 valence electrons. The lowest BCUT2D eigenvalue weighted by Gasteiger charge is -2.06. The number of carbonyl (C=O) groups is 1. The van der Waals surface area contributed by atoms with Gasteiger partial charge in [-0.25, -0.2) is 5.43 Å². The number of para-hydroxylation sites is 1. The van der Waals surface area contributed by atoms with Gasteiger partial charge in [0.15, 0.2) is 0 Å². The fraction of sp³-hybridized carbons (Fsp3) is 0.0800. The van der Waals surface area contributed by atoms with E-state index in [0.29, 0.717) is 11.3 Å². The number of aromatic nitrogens is 2. The topological polar surface area (TPSA) is 113 Å². The number of nitrogens with one attached hydrogen (secondary N) is 2. The van der Waals surface area contributed by atoms with E-state index in [1.54, 1.807) is 30.3 Å². The van der Waals surface area contributed by atoms with Gasteiger partial charge in [0.05, 0.1) is 16.2 Å². The van der Waals surface area contributed by atoms with E-state index in [0.717, 1.165) is 23.8 Å². The van der Waals surface area contributed by atoms with Gasteiger partial charge in [-0.05, 0) is 59.0 Å². The monoisotopic (exact) mass is 437 g/mol. The fourth-order valence-corrected chi connectivity index (χ4v) is 4.19. The van der Waals surface area contributed by atoms with E-state index in [1.807, 2.05) is 0 Å². The predicted molar refractivity (Wildman–Crippen MR) is 127 cm³/mol. The van der Waals surface area contributed by atoms with Crippen molar-refractivity contribution >= 4 is 34.7 Å². The number of aromatic amines is 1. The van der Waals surface area contributed by atoms with Gasteiger partial charge in [-0.1, -0.05) is 42.5 Å². The van der Waals surface area contributed by atoms with E-state index in [4.69, 9.17) is 0 Å². The molecule has 1 amide bonds. The number of nitro benzene ring substituents is 1. The van der Waals surface area contributed by atoms with Crippen molar-refractivity contribution in [1.29, 1.82) is 0 Å². The van der Waals surface area contributed by atoms with Crippen molar-refractivity contribution < 1.29 is 9.72 Å². The summed E-state index contributed by atoms with van der Waals surface area (Å²) in [6, 6.07) is 18.6. The summed E-state index contributed by atoms with van der Waals surface area (Å²) in [5.41, 5.74) is 7.52. The maximum atomic E-state index is 12.4. The molecule has 1 aliphatic carbocycles. The van der Waals surface area contributed by atoms with Crippen LogP contribution in [-0.2, 0) is 12.8 Å². The zero-order chi connectivity index (χ0) is 22.8. The molecule has 0 saturated carbocycles. The number of allylic oxidation sites excluding steroid dienone is 1. The number of hydrogen-bond acceptors (Lipinski definition) is 5. The Morgan fingerprint density at radius 3 is 2.76 bits per heavy atom. The molecule has 0 atom stereocenters. The second-order valence-corrected chi connectivity index (χ2v) is 7.67. The van der Waals surface area contributed by atoms with Crippen molar-refractivity contribution in [2.75, 3.05) is 0 Å². The first-order valence-electron chi connectivity index (χ1n) is 10.4. The maximum absolute atomic E-state index is 12.4. The Morgan fingerprint density at radius 1 is 1.09 bits per heavy atom. The fourth-order valence-electron chi connectivity index (χ4n) is 4.19. The number of benzene rings is 3. The van der Waals surface area contributed by atoms with Crippen LogP contribution in [0.15, 0.2) is 71.8 Å². The van der Waals surface area contributed by atoms with Crippen LogP contribution in [0, 0.1) is 10.1 Å². The van der Waals surface area contributed by atoms with Gasteiger partial charge < -0.3 is 0 Å². The molecule has 0 unspecified atom stereocenters. The molecule has 2 N–H and O–H groups in total. The lowest BCUT2D eigenvalue weighted by Crippen LogP contribution is -2.17. The zero-order valence-electron chi connectivity index (χ0n) is 17.5. The Bertz CT molecular complexity index is 1440. The number of hydrazone groups is 1. The van der Waals surface area contributed by atoms with Crippen molar-refractivity contribution in [3.63, 3.8) is 0 Å². The summed E-state index contributed by atoms with van der Waals surface area (Å²) in [6.07, 6.45) is 6.53. The lowest BCUT2D eigenvalue weighted by molar-refractivity contribution is -0.385. The third-order valence-corrected chi connectivity index (χ3v) is 5.71. The minimum Gasteiger partial charge on any atom is -0.272 e. The van der Waals surface area contributed by atoms with E-state index in [1.165, 1.54) is 34.9 Å². The highest BCUT2D eigenvalue weighted by Crippen LogP contribution is 2.36. The molecule has 0 fully saturated rings. The van der Waals surface area contributed by atoms with Gasteiger partial charge >= 0.3 is 0 Å². The smallest absolute Gasteiger partial charge is 0.272 e. The van der Waals surface area contributed by atoms with Crippen molar-refractivity contribution in [2.45, 2.75) is 12.8 Å². The van der Waals surface area contributed by atoms with Crippen molar-refractivity contribution in [2.24, 2.45) is 5.10 Å². The van der Waals surface area contributed by atoms with Crippen molar-refractivity contribution in [3.8, 4) is 11.3 Å². The quantitative estimate of drug-likeness (QED) is 0.259. The molecule has 4 aromatic rings. The Balaban J connectivity index is 1.29. The van der Waals surface area contributed by atoms with Gasteiger partial charge in [-0.15, -0.1) is 0 Å². The molecule has 1 aliphatic rings. The molecule has 1 heterocycles. The largest absolute Gasteiger partial charge is 0.289 e. The number of rotatable bonds is 6. The Kier molecular flexibility index (Phi) is 5.24. The van der Waals surface area contributed by atoms with Gasteiger partial charge in [0, 0.05) is 17.8 Å². The second kappa shape index (κ2) is 8.51. The Hall–Kier alpha value is -4.59. The molecule has 3 aromatic carbocycles. The first-order valence-corrected chi connectivity index (χ1v) is 10.4. The average molecular weight is 437 g/mol. The number of amides is 1. The van der Waals surface area contributed by atoms with Gasteiger partial charge in [-0.2, -0.15) is 10.2 Å². The van der Waals surface area contributed by atoms with Gasteiger partial charge in [0.25, 0.3) is 11.6 Å². The molecule has 5 rings (SSSR count). The third-order valence-electron chi connectivity index (χ3n) is 5.71. The van der Waals surface area contributed by atoms with Crippen LogP contribution in [-0.4, -0.2) is 27.2 Å². The molecule has 0 aliphatic heterocycles. The van der Waals surface area contributed by atoms with Crippen molar-refractivity contribution in [3.05, 3.63) is 99.2 Å². The summed E-state index contributed by atoms with van der Waals surface area (Å²) in [4.78, 5) is 23.0. The zero-order valence-corrected chi connectivity index (χ0v) is 17.5. The van der Waals surface area contributed by atoms with Crippen LogP contribution in [0.25, 0.3) is 28.1 Å². The van der Waals surface area contributed by atoms with E-state index in [-0.39, 0.29) is 11.4 Å². The average Bonchev–Trinajstić information content (AvgIpc) is 3.48. The highest BCUT2D eigenvalue weighted by Gasteiger charge is 2.18. The predicted octanol–water partition coefficient (Wildman–Crippen LogP) is 4.67. The molecule has 0 spiro atoms. The first-order chi connectivity index (χ1) is 16.1. The highest BCUT2D eigenvalue weighted by atomic mass is 16.6. The first kappa shape index (κ1) is 20.3. The molecule has 1 aromatic heterocycles. The summed E-state index contributed by atoms with van der Waals surface area (Å²) >= 11 is 0. The van der Waals surface area contributed by atoms with Crippen LogP contribution in [0.3, 0.4) is 0 Å². The SMILES string of the molecule is O=C(NN=CC=Cc1ccccc1[N+](=O)[O-])c1cc(-c2ccc3c4c(cccc24)CC3)n[nH]1. The van der Waals surface area contributed by atoms with Gasteiger partial charge in [-0.3, -0.25) is 20.0 Å². The van der Waals surface area contributed by atoms with Crippen LogP contribution in [0.5, 0.6) is 0 Å². The molecule has 0 saturated heterocycles. The minimum absolute atomic E-state index is 0.000725. The summed E-state index contributed by atoms with van der Waals surface area (Å²) < 4.78 is 0. The summed E-state index contributed by atoms with van der Waals surface area (Å²) in [7, 11) is 0. The molecule has 8 heteroatoms. The lowest BCUT2D eigenvalue weighted by atomic mass is 9.98. The van der Waals surface area contributed by atoms with Crippen LogP contribution < -0.4 is 5.43 Å². The number of carbonyl (C=O) groups excluding carboxylic acids is 1. The van der Waals surface area contributed by atoms with Crippen molar-refractivity contribution in [1.82, 2.24) is 15.6 Å². The normalized spacial score (nSPS) is 12.7. The van der Waals surface area contributed by atoms with Gasteiger partial charge in [0.2, 0.25) is 0 Å². The molecule has 0 radical (unpaired) electrons. The number of nitro groups is 1. The molecular weight excluding hydrogens is 418 g/mol. The van der Waals surface area contributed by atoms with Crippen LogP contribution in [0.1, 0.15) is 27.2 Å². The number of nitrogens with zero attached hydrogens (tertiary/aromatic N) is 3. The second-order valence-electron chi connectivity index (χ2n) is 7.67. The van der Waals surface area contributed by atoms with E-state index in [2.05, 4.69) is 51.1 Å². The summed E-state index contributed by atoms with van der Waals surface area (Å²) in [5, 5.41) is 24.4. The number of aryl methyl sites for hydroxylation is 2. The maximum Gasteiger partial charge on any atom is 0.289 e. The minimum atomic E-state index is -0.448. The third kappa shape index (κ3) is 3.89. The Labute approximate surface area is 188 Å². The molecule has 8 nitrogen and oxygen atoms in total. The Morgan fingerprint density at radius 2 is 1.91 bits per heavy atom. The highest BCUT2D eigenvalue weighted by molar-refractivity contribution is 6.02. The van der Waals surface area contributed by atoms with E-state index >= 15 is 0 Å². The van der Waals surface area contributed by atoms with Crippen LogP contribution in [0.4, 0.5) is 5.69 Å². The van der Waals surface area contributed by atoms with E-state index in [9.17, 15) is 14.9 Å².